The molecule has 1 aromatic rings. The summed E-state index contributed by atoms with van der Waals surface area (Å²) in [5, 5.41) is 3.31. The van der Waals surface area contributed by atoms with Crippen LogP contribution in [0.15, 0.2) is 18.2 Å². The van der Waals surface area contributed by atoms with Gasteiger partial charge in [0.05, 0.1) is 0 Å². The highest BCUT2D eigenvalue weighted by atomic mass is 35.5. The lowest BCUT2D eigenvalue weighted by molar-refractivity contribution is 0.157. The van der Waals surface area contributed by atoms with Gasteiger partial charge in [-0.25, -0.2) is 8.78 Å². The Morgan fingerprint density at radius 1 is 1.20 bits per heavy atom. The zero-order valence-electron chi connectivity index (χ0n) is 11.4. The minimum atomic E-state index is -0.340. The van der Waals surface area contributed by atoms with Crippen LogP contribution in [0.4, 0.5) is 8.78 Å². The van der Waals surface area contributed by atoms with E-state index in [2.05, 4.69) is 10.2 Å². The van der Waals surface area contributed by atoms with Gasteiger partial charge in [-0.2, -0.15) is 0 Å². The topological polar surface area (TPSA) is 15.3 Å². The number of benzene rings is 1. The van der Waals surface area contributed by atoms with E-state index in [1.807, 2.05) is 0 Å². The van der Waals surface area contributed by atoms with E-state index in [1.165, 1.54) is 31.0 Å². The molecular formula is C15H21ClF2N2. The van der Waals surface area contributed by atoms with Crippen LogP contribution < -0.4 is 5.32 Å². The fourth-order valence-electron chi connectivity index (χ4n) is 2.91. The zero-order chi connectivity index (χ0) is 13.2. The second-order valence-electron chi connectivity index (χ2n) is 5.65. The van der Waals surface area contributed by atoms with E-state index in [0.717, 1.165) is 32.6 Å². The Hall–Kier alpha value is -0.710. The van der Waals surface area contributed by atoms with Gasteiger partial charge in [-0.3, -0.25) is 4.90 Å². The first-order valence-corrected chi connectivity index (χ1v) is 7.14. The first-order valence-electron chi connectivity index (χ1n) is 7.14. The summed E-state index contributed by atoms with van der Waals surface area (Å²) in [6.07, 6.45) is 3.43. The molecule has 1 N–H and O–H groups in total. The van der Waals surface area contributed by atoms with Crippen molar-refractivity contribution in [2.24, 2.45) is 5.92 Å². The minimum absolute atomic E-state index is 0. The lowest BCUT2D eigenvalue weighted by Crippen LogP contribution is -2.45. The van der Waals surface area contributed by atoms with Gasteiger partial charge >= 0.3 is 0 Å². The Bertz CT molecular complexity index is 445. The molecule has 0 spiro atoms. The third-order valence-electron chi connectivity index (χ3n) is 4.16. The summed E-state index contributed by atoms with van der Waals surface area (Å²) in [4.78, 5) is 2.30. The Balaban J connectivity index is 0.00000147. The molecule has 0 bridgehead atoms. The molecule has 112 valence electrons. The fraction of sp³-hybridized carbons (Fsp3) is 0.600. The van der Waals surface area contributed by atoms with E-state index >= 15 is 0 Å². The largest absolute Gasteiger partial charge is 0.314 e. The van der Waals surface area contributed by atoms with Gasteiger partial charge in [0.15, 0.2) is 0 Å². The molecule has 1 atom stereocenters. The molecule has 20 heavy (non-hydrogen) atoms. The molecule has 0 aromatic heterocycles. The van der Waals surface area contributed by atoms with Crippen molar-refractivity contribution in [2.45, 2.75) is 25.3 Å². The van der Waals surface area contributed by atoms with Gasteiger partial charge in [-0.15, -0.1) is 12.4 Å². The normalized spacial score (nSPS) is 21.3. The maximum Gasteiger partial charge on any atom is 0.128 e. The number of hydrogen-bond acceptors (Lipinski definition) is 2. The molecule has 2 aliphatic rings. The lowest BCUT2D eigenvalue weighted by Gasteiger charge is -2.35. The number of halogens is 3. The van der Waals surface area contributed by atoms with Gasteiger partial charge in [0, 0.05) is 37.8 Å². The monoisotopic (exact) mass is 302 g/mol. The van der Waals surface area contributed by atoms with Crippen LogP contribution in [0.2, 0.25) is 0 Å². The summed E-state index contributed by atoms with van der Waals surface area (Å²) in [7, 11) is 0. The van der Waals surface area contributed by atoms with Crippen LogP contribution in [0.3, 0.4) is 0 Å². The second-order valence-corrected chi connectivity index (χ2v) is 5.65. The van der Waals surface area contributed by atoms with Crippen molar-refractivity contribution in [2.75, 3.05) is 26.2 Å². The molecule has 0 radical (unpaired) electrons. The predicted molar refractivity (Wildman–Crippen MR) is 78.1 cm³/mol. The van der Waals surface area contributed by atoms with Crippen LogP contribution in [-0.4, -0.2) is 31.1 Å². The van der Waals surface area contributed by atoms with Gasteiger partial charge in [0.2, 0.25) is 0 Å². The molecule has 2 fully saturated rings. The van der Waals surface area contributed by atoms with E-state index in [1.54, 1.807) is 0 Å². The molecule has 1 aromatic carbocycles. The quantitative estimate of drug-likeness (QED) is 0.919. The molecular weight excluding hydrogens is 282 g/mol. The maximum absolute atomic E-state index is 14.0. The zero-order valence-corrected chi connectivity index (χ0v) is 12.3. The molecule has 1 aliphatic heterocycles. The van der Waals surface area contributed by atoms with Crippen molar-refractivity contribution in [3.8, 4) is 0 Å². The van der Waals surface area contributed by atoms with Crippen molar-refractivity contribution in [1.29, 1.82) is 0 Å². The summed E-state index contributed by atoms with van der Waals surface area (Å²) >= 11 is 0. The fourth-order valence-corrected chi connectivity index (χ4v) is 2.91. The molecule has 1 heterocycles. The van der Waals surface area contributed by atoms with Crippen molar-refractivity contribution >= 4 is 12.4 Å². The van der Waals surface area contributed by atoms with Crippen molar-refractivity contribution in [3.63, 3.8) is 0 Å². The molecule has 0 unspecified atom stereocenters. The summed E-state index contributed by atoms with van der Waals surface area (Å²) < 4.78 is 27.5. The van der Waals surface area contributed by atoms with Crippen LogP contribution in [0.5, 0.6) is 0 Å². The Morgan fingerprint density at radius 2 is 1.90 bits per heavy atom. The smallest absolute Gasteiger partial charge is 0.128 e. The van der Waals surface area contributed by atoms with Crippen molar-refractivity contribution in [3.05, 3.63) is 35.4 Å². The van der Waals surface area contributed by atoms with Gasteiger partial charge < -0.3 is 5.32 Å². The third-order valence-corrected chi connectivity index (χ3v) is 4.16. The Kier molecular flexibility index (Phi) is 5.35. The summed E-state index contributed by atoms with van der Waals surface area (Å²) in [6.45, 7) is 3.68. The van der Waals surface area contributed by atoms with Crippen LogP contribution in [0, 0.1) is 17.6 Å². The van der Waals surface area contributed by atoms with Gasteiger partial charge in [-0.05, 0) is 30.5 Å². The summed E-state index contributed by atoms with van der Waals surface area (Å²) in [6, 6.07) is 3.87. The Morgan fingerprint density at radius 3 is 2.55 bits per heavy atom. The number of hydrogen-bond donors (Lipinski definition) is 1. The van der Waals surface area contributed by atoms with Crippen LogP contribution in [0.1, 0.15) is 30.9 Å². The van der Waals surface area contributed by atoms with Crippen LogP contribution in [-0.2, 0) is 0 Å². The van der Waals surface area contributed by atoms with Gasteiger partial charge in [-0.1, -0.05) is 12.8 Å². The van der Waals surface area contributed by atoms with E-state index in [0.29, 0.717) is 11.5 Å². The average molecular weight is 303 g/mol. The molecule has 1 saturated carbocycles. The molecule has 1 saturated heterocycles. The highest BCUT2D eigenvalue weighted by Gasteiger charge is 2.31. The lowest BCUT2D eigenvalue weighted by atomic mass is 9.98. The molecule has 1 aliphatic carbocycles. The first kappa shape index (κ1) is 15.7. The average Bonchev–Trinajstić information content (AvgIpc) is 3.24. The molecule has 3 rings (SSSR count). The number of rotatable bonds is 4. The Labute approximate surface area is 124 Å². The minimum Gasteiger partial charge on any atom is -0.314 e. The molecule has 2 nitrogen and oxygen atoms in total. The highest BCUT2D eigenvalue weighted by molar-refractivity contribution is 5.85. The highest BCUT2D eigenvalue weighted by Crippen LogP contribution is 2.40. The molecule has 0 amide bonds. The number of nitrogens with one attached hydrogen (secondary N) is 1. The van der Waals surface area contributed by atoms with E-state index < -0.39 is 0 Å². The predicted octanol–water partition coefficient (Wildman–Crippen LogP) is 3.13. The number of piperazine rings is 1. The standard InChI is InChI=1S/C15H20F2N2.ClH/c16-12-3-4-14(17)13(10-12)15(9-11-1-2-11)19-7-5-18-6-8-19;/h3-4,10-11,15,18H,1-2,5-9H2;1H/t15-;/m0./s1. The van der Waals surface area contributed by atoms with Crippen molar-refractivity contribution in [1.82, 2.24) is 10.2 Å². The summed E-state index contributed by atoms with van der Waals surface area (Å²) in [5.74, 6) is 0.0838. The van der Waals surface area contributed by atoms with Gasteiger partial charge in [0.1, 0.15) is 11.6 Å². The summed E-state index contributed by atoms with van der Waals surface area (Å²) in [5.41, 5.74) is 0.536. The van der Waals surface area contributed by atoms with Crippen LogP contribution in [0.25, 0.3) is 0 Å². The number of nitrogens with zero attached hydrogens (tertiary/aromatic N) is 1. The third kappa shape index (κ3) is 3.68. The van der Waals surface area contributed by atoms with E-state index in [-0.39, 0.29) is 30.1 Å². The maximum atomic E-state index is 14.0. The molecule has 5 heteroatoms. The van der Waals surface area contributed by atoms with Crippen LogP contribution >= 0.6 is 12.4 Å². The SMILES string of the molecule is Cl.Fc1ccc(F)c([C@H](CC2CC2)N2CCNCC2)c1. The van der Waals surface area contributed by atoms with E-state index in [9.17, 15) is 8.78 Å². The van der Waals surface area contributed by atoms with Gasteiger partial charge in [0.25, 0.3) is 0 Å². The van der Waals surface area contributed by atoms with Crippen molar-refractivity contribution < 1.29 is 8.78 Å². The van der Waals surface area contributed by atoms with E-state index in [4.69, 9.17) is 0 Å². The first-order chi connectivity index (χ1) is 9.24. The second kappa shape index (κ2) is 6.83.